The van der Waals surface area contributed by atoms with Crippen molar-refractivity contribution < 1.29 is 26.3 Å². The van der Waals surface area contributed by atoms with Gasteiger partial charge in [0.25, 0.3) is 0 Å². The van der Waals surface area contributed by atoms with E-state index in [4.69, 9.17) is 17.3 Å². The standard InChI is InChI=1S/C12H7ClF6N4S/c13-8-2-5(11(14,15)16)1-7(12(17,18)19)6(8)3-21-23-10-22-9(20)4-24-10/h1-4H,20H2,(H,22,23). The summed E-state index contributed by atoms with van der Waals surface area (Å²) >= 11 is 6.62. The Bertz CT molecular complexity index is 768. The molecule has 0 fully saturated rings. The maximum atomic E-state index is 13.0. The first-order valence-electron chi connectivity index (χ1n) is 5.96. The van der Waals surface area contributed by atoms with Crippen molar-refractivity contribution in [1.82, 2.24) is 4.98 Å². The van der Waals surface area contributed by atoms with Crippen LogP contribution in [0.15, 0.2) is 22.6 Å². The second-order valence-electron chi connectivity index (χ2n) is 4.36. The predicted molar refractivity (Wildman–Crippen MR) is 79.2 cm³/mol. The van der Waals surface area contributed by atoms with Crippen LogP contribution in [0.3, 0.4) is 0 Å². The lowest BCUT2D eigenvalue weighted by Gasteiger charge is -2.15. The first-order valence-corrected chi connectivity index (χ1v) is 7.22. The Morgan fingerprint density at radius 3 is 2.33 bits per heavy atom. The van der Waals surface area contributed by atoms with Crippen molar-refractivity contribution in [3.63, 3.8) is 0 Å². The van der Waals surface area contributed by atoms with Gasteiger partial charge in [-0.3, -0.25) is 5.43 Å². The third kappa shape index (κ3) is 4.29. The molecule has 0 saturated heterocycles. The topological polar surface area (TPSA) is 63.3 Å². The van der Waals surface area contributed by atoms with Crippen LogP contribution in [0.1, 0.15) is 16.7 Å². The van der Waals surface area contributed by atoms with E-state index in [1.54, 1.807) is 0 Å². The Balaban J connectivity index is 2.41. The number of anilines is 2. The number of halogens is 7. The van der Waals surface area contributed by atoms with Gasteiger partial charge in [0.1, 0.15) is 5.82 Å². The fourth-order valence-electron chi connectivity index (χ4n) is 1.64. The molecule has 2 rings (SSSR count). The van der Waals surface area contributed by atoms with Gasteiger partial charge in [-0.25, -0.2) is 4.98 Å². The lowest BCUT2D eigenvalue weighted by molar-refractivity contribution is -0.143. The average molecular weight is 389 g/mol. The molecule has 0 bridgehead atoms. The molecule has 0 aliphatic heterocycles. The molecule has 2 aromatic rings. The van der Waals surface area contributed by atoms with E-state index >= 15 is 0 Å². The lowest BCUT2D eigenvalue weighted by Crippen LogP contribution is -2.14. The summed E-state index contributed by atoms with van der Waals surface area (Å²) in [7, 11) is 0. The zero-order chi connectivity index (χ0) is 18.1. The van der Waals surface area contributed by atoms with E-state index in [2.05, 4.69) is 15.5 Å². The van der Waals surface area contributed by atoms with E-state index in [1.807, 2.05) is 0 Å². The molecule has 24 heavy (non-hydrogen) atoms. The van der Waals surface area contributed by atoms with Crippen LogP contribution in [0.4, 0.5) is 37.3 Å². The molecule has 0 atom stereocenters. The van der Waals surface area contributed by atoms with Gasteiger partial charge in [-0.2, -0.15) is 31.4 Å². The fourth-order valence-corrected chi connectivity index (χ4v) is 2.45. The van der Waals surface area contributed by atoms with Crippen molar-refractivity contribution in [2.24, 2.45) is 5.10 Å². The Hall–Kier alpha value is -2.01. The second-order valence-corrected chi connectivity index (χ2v) is 5.63. The van der Waals surface area contributed by atoms with Crippen molar-refractivity contribution in [2.75, 3.05) is 11.2 Å². The van der Waals surface area contributed by atoms with Crippen LogP contribution in [0, 0.1) is 0 Å². The summed E-state index contributed by atoms with van der Waals surface area (Å²) in [5.74, 6) is 0.182. The first-order chi connectivity index (χ1) is 11.0. The fraction of sp³-hybridized carbons (Fsp3) is 0.167. The molecular weight excluding hydrogens is 382 g/mol. The molecule has 1 heterocycles. The monoisotopic (exact) mass is 388 g/mol. The number of nitrogens with two attached hydrogens (primary N) is 1. The molecule has 3 N–H and O–H groups in total. The molecule has 12 heteroatoms. The Labute approximate surface area is 139 Å². The molecule has 130 valence electrons. The molecule has 0 amide bonds. The smallest absolute Gasteiger partial charge is 0.383 e. The van der Waals surface area contributed by atoms with Gasteiger partial charge in [-0.15, -0.1) is 11.3 Å². The summed E-state index contributed by atoms with van der Waals surface area (Å²) in [6.45, 7) is 0. The van der Waals surface area contributed by atoms with Crippen LogP contribution in [-0.4, -0.2) is 11.2 Å². The van der Waals surface area contributed by atoms with Gasteiger partial charge in [-0.05, 0) is 12.1 Å². The summed E-state index contributed by atoms with van der Waals surface area (Å²) in [6.07, 6.45) is -9.34. The molecule has 0 saturated carbocycles. The molecule has 0 radical (unpaired) electrons. The van der Waals surface area contributed by atoms with Crippen LogP contribution in [0.25, 0.3) is 0 Å². The minimum atomic E-state index is -5.04. The Kier molecular flexibility index (Phi) is 4.95. The minimum Gasteiger partial charge on any atom is -0.383 e. The van der Waals surface area contributed by atoms with E-state index in [0.29, 0.717) is 12.3 Å². The maximum absolute atomic E-state index is 13.0. The summed E-state index contributed by atoms with van der Waals surface area (Å²) in [5.41, 5.74) is 3.92. The SMILES string of the molecule is Nc1csc(NN=Cc2c(Cl)cc(C(F)(F)F)cc2C(F)(F)F)n1. The molecule has 0 unspecified atom stereocenters. The van der Waals surface area contributed by atoms with Crippen LogP contribution < -0.4 is 11.2 Å². The van der Waals surface area contributed by atoms with Gasteiger partial charge < -0.3 is 5.73 Å². The number of hydrazone groups is 1. The number of nitrogens with zero attached hydrogens (tertiary/aromatic N) is 2. The molecular formula is C12H7ClF6N4S. The normalized spacial score (nSPS) is 12.8. The van der Waals surface area contributed by atoms with Crippen molar-refractivity contribution in [3.05, 3.63) is 39.2 Å². The average Bonchev–Trinajstić information content (AvgIpc) is 2.83. The van der Waals surface area contributed by atoms with Gasteiger partial charge in [0.05, 0.1) is 22.4 Å². The summed E-state index contributed by atoms with van der Waals surface area (Å²) in [5, 5.41) is 4.43. The molecule has 1 aromatic carbocycles. The van der Waals surface area contributed by atoms with Gasteiger partial charge in [0.2, 0.25) is 5.13 Å². The van der Waals surface area contributed by atoms with Gasteiger partial charge in [-0.1, -0.05) is 11.6 Å². The summed E-state index contributed by atoms with van der Waals surface area (Å²) < 4.78 is 77.0. The molecule has 0 spiro atoms. The third-order valence-electron chi connectivity index (χ3n) is 2.64. The molecule has 1 aromatic heterocycles. The van der Waals surface area contributed by atoms with E-state index in [0.717, 1.165) is 11.3 Å². The van der Waals surface area contributed by atoms with Crippen LogP contribution >= 0.6 is 22.9 Å². The predicted octanol–water partition coefficient (Wildman–Crippen LogP) is 4.86. The van der Waals surface area contributed by atoms with Crippen LogP contribution in [0.5, 0.6) is 0 Å². The Morgan fingerprint density at radius 2 is 1.83 bits per heavy atom. The highest BCUT2D eigenvalue weighted by Crippen LogP contribution is 2.39. The number of rotatable bonds is 3. The Morgan fingerprint density at radius 1 is 1.17 bits per heavy atom. The van der Waals surface area contributed by atoms with Gasteiger partial charge >= 0.3 is 12.4 Å². The van der Waals surface area contributed by atoms with Crippen LogP contribution in [0.2, 0.25) is 5.02 Å². The van der Waals surface area contributed by atoms with Crippen molar-refractivity contribution in [1.29, 1.82) is 0 Å². The van der Waals surface area contributed by atoms with Crippen molar-refractivity contribution in [2.45, 2.75) is 12.4 Å². The number of thiazole rings is 1. The number of aromatic nitrogens is 1. The number of hydrogen-bond acceptors (Lipinski definition) is 5. The first kappa shape index (κ1) is 18.3. The third-order valence-corrected chi connectivity index (χ3v) is 3.72. The minimum absolute atomic E-state index is 0.0192. The number of nitrogen functional groups attached to an aromatic ring is 1. The molecule has 0 aliphatic rings. The van der Waals surface area contributed by atoms with E-state index in [9.17, 15) is 26.3 Å². The quantitative estimate of drug-likeness (QED) is 0.448. The highest BCUT2D eigenvalue weighted by molar-refractivity contribution is 7.14. The maximum Gasteiger partial charge on any atom is 0.417 e. The second kappa shape index (κ2) is 6.48. The van der Waals surface area contributed by atoms with Crippen LogP contribution in [-0.2, 0) is 12.4 Å². The number of alkyl halides is 6. The summed E-state index contributed by atoms with van der Waals surface area (Å²) in [4.78, 5) is 3.75. The number of nitrogens with one attached hydrogen (secondary N) is 1. The zero-order valence-corrected chi connectivity index (χ0v) is 12.9. The van der Waals surface area contributed by atoms with E-state index < -0.39 is 34.1 Å². The van der Waals surface area contributed by atoms with Gasteiger partial charge in [0, 0.05) is 10.9 Å². The molecule has 4 nitrogen and oxygen atoms in total. The zero-order valence-electron chi connectivity index (χ0n) is 11.3. The van der Waals surface area contributed by atoms with E-state index in [-0.39, 0.29) is 17.0 Å². The van der Waals surface area contributed by atoms with E-state index in [1.165, 1.54) is 5.38 Å². The summed E-state index contributed by atoms with van der Waals surface area (Å²) in [6, 6.07) is 0.383. The lowest BCUT2D eigenvalue weighted by atomic mass is 10.0. The van der Waals surface area contributed by atoms with Crippen molar-refractivity contribution in [3.8, 4) is 0 Å². The molecule has 0 aliphatic carbocycles. The number of hydrogen-bond donors (Lipinski definition) is 2. The largest absolute Gasteiger partial charge is 0.417 e. The van der Waals surface area contributed by atoms with Gasteiger partial charge in [0.15, 0.2) is 0 Å². The highest BCUT2D eigenvalue weighted by atomic mass is 35.5. The number of benzene rings is 1. The highest BCUT2D eigenvalue weighted by Gasteiger charge is 2.39. The van der Waals surface area contributed by atoms with Crippen molar-refractivity contribution >= 4 is 40.1 Å².